The summed E-state index contributed by atoms with van der Waals surface area (Å²) in [5.41, 5.74) is 3.15. The fraction of sp³-hybridized carbons (Fsp3) is 0.448. The molecule has 0 amide bonds. The first-order valence-electron chi connectivity index (χ1n) is 12.2. The summed E-state index contributed by atoms with van der Waals surface area (Å²) in [5, 5.41) is 1.94. The highest BCUT2D eigenvalue weighted by molar-refractivity contribution is 5.97. The second-order valence-electron chi connectivity index (χ2n) is 9.85. The first kappa shape index (κ1) is 24.8. The molecular formula is C29H34O6. The summed E-state index contributed by atoms with van der Waals surface area (Å²) >= 11 is 0. The van der Waals surface area contributed by atoms with Crippen molar-refractivity contribution in [3.8, 4) is 11.5 Å². The third kappa shape index (κ3) is 5.07. The van der Waals surface area contributed by atoms with Gasteiger partial charge in [-0.15, -0.1) is 0 Å². The molecule has 1 fully saturated rings. The number of esters is 2. The van der Waals surface area contributed by atoms with Gasteiger partial charge in [-0.25, -0.2) is 9.59 Å². The highest BCUT2D eigenvalue weighted by atomic mass is 16.6. The summed E-state index contributed by atoms with van der Waals surface area (Å²) in [6.45, 7) is 14.7. The number of hydrogen-bond acceptors (Lipinski definition) is 6. The summed E-state index contributed by atoms with van der Waals surface area (Å²) in [6, 6.07) is 8.05. The van der Waals surface area contributed by atoms with Crippen LogP contribution in [-0.2, 0) is 19.1 Å². The minimum absolute atomic E-state index is 0.251. The van der Waals surface area contributed by atoms with Crippen LogP contribution in [0.4, 0.5) is 0 Å². The van der Waals surface area contributed by atoms with E-state index in [2.05, 4.69) is 13.2 Å². The van der Waals surface area contributed by atoms with Gasteiger partial charge < -0.3 is 18.9 Å². The molecular weight excluding hydrogens is 444 g/mol. The van der Waals surface area contributed by atoms with Crippen molar-refractivity contribution >= 4 is 22.7 Å². The lowest BCUT2D eigenvalue weighted by molar-refractivity contribution is -0.145. The Balaban J connectivity index is 1.65. The van der Waals surface area contributed by atoms with Crippen LogP contribution in [0.25, 0.3) is 10.8 Å². The quantitative estimate of drug-likeness (QED) is 0.309. The Morgan fingerprint density at radius 3 is 1.60 bits per heavy atom. The summed E-state index contributed by atoms with van der Waals surface area (Å²) in [4.78, 5) is 23.8. The van der Waals surface area contributed by atoms with E-state index in [1.165, 1.54) is 11.1 Å². The maximum Gasteiger partial charge on any atom is 0.333 e. The molecule has 186 valence electrons. The normalized spacial score (nSPS) is 19.5. The Morgan fingerprint density at radius 2 is 1.23 bits per heavy atom. The van der Waals surface area contributed by atoms with Gasteiger partial charge in [0, 0.05) is 33.0 Å². The van der Waals surface area contributed by atoms with Crippen molar-refractivity contribution in [2.24, 2.45) is 0 Å². The second kappa shape index (κ2) is 10.1. The molecule has 35 heavy (non-hydrogen) atoms. The molecule has 2 aliphatic rings. The molecule has 2 aliphatic carbocycles. The maximum atomic E-state index is 11.9. The van der Waals surface area contributed by atoms with Crippen molar-refractivity contribution in [2.45, 2.75) is 71.0 Å². The van der Waals surface area contributed by atoms with Gasteiger partial charge in [-0.1, -0.05) is 37.4 Å². The van der Waals surface area contributed by atoms with E-state index in [0.717, 1.165) is 41.5 Å². The highest BCUT2D eigenvalue weighted by Crippen LogP contribution is 2.61. The molecule has 0 aromatic heterocycles. The minimum Gasteiger partial charge on any atom is -0.489 e. The molecule has 6 nitrogen and oxygen atoms in total. The minimum atomic E-state index is -0.416. The number of hydrogen-bond donors (Lipinski definition) is 0. The van der Waals surface area contributed by atoms with Gasteiger partial charge >= 0.3 is 11.9 Å². The zero-order chi connectivity index (χ0) is 25.3. The molecule has 4 rings (SSSR count). The molecule has 0 spiro atoms. The summed E-state index contributed by atoms with van der Waals surface area (Å²) in [5.74, 6) is 1.72. The van der Waals surface area contributed by atoms with Crippen LogP contribution < -0.4 is 9.47 Å². The lowest BCUT2D eigenvalue weighted by Gasteiger charge is -2.26. The summed E-state index contributed by atoms with van der Waals surface area (Å²) < 4.78 is 23.6. The monoisotopic (exact) mass is 478 g/mol. The molecule has 2 aromatic rings. The summed E-state index contributed by atoms with van der Waals surface area (Å²) in [7, 11) is 0. The predicted molar refractivity (Wildman–Crippen MR) is 135 cm³/mol. The van der Waals surface area contributed by atoms with Gasteiger partial charge in [-0.2, -0.15) is 0 Å². The van der Waals surface area contributed by atoms with Gasteiger partial charge in [-0.05, 0) is 58.8 Å². The smallest absolute Gasteiger partial charge is 0.333 e. The molecule has 6 heteroatoms. The van der Waals surface area contributed by atoms with Crippen LogP contribution in [0.5, 0.6) is 11.5 Å². The lowest BCUT2D eigenvalue weighted by atomic mass is 9.87. The van der Waals surface area contributed by atoms with E-state index in [1.54, 1.807) is 13.8 Å². The van der Waals surface area contributed by atoms with E-state index in [4.69, 9.17) is 18.9 Å². The van der Waals surface area contributed by atoms with Crippen LogP contribution in [-0.4, -0.2) is 37.4 Å². The number of fused-ring (bicyclic) bond motifs is 6. The van der Waals surface area contributed by atoms with E-state index in [9.17, 15) is 9.59 Å². The van der Waals surface area contributed by atoms with Gasteiger partial charge in [0.15, 0.2) is 0 Å². The molecule has 0 heterocycles. The Bertz CT molecular complexity index is 1090. The van der Waals surface area contributed by atoms with Crippen LogP contribution in [0.1, 0.15) is 69.9 Å². The fourth-order valence-electron chi connectivity index (χ4n) is 5.08. The Morgan fingerprint density at radius 1 is 0.829 bits per heavy atom. The molecule has 0 N–H and O–H groups in total. The third-order valence-corrected chi connectivity index (χ3v) is 6.68. The molecule has 0 saturated heterocycles. The second-order valence-corrected chi connectivity index (χ2v) is 9.85. The Kier molecular flexibility index (Phi) is 7.20. The Hall–Kier alpha value is -3.28. The third-order valence-electron chi connectivity index (χ3n) is 6.68. The zero-order valence-electron chi connectivity index (χ0n) is 21.0. The lowest BCUT2D eigenvalue weighted by Crippen LogP contribution is -2.23. The van der Waals surface area contributed by atoms with Gasteiger partial charge in [0.25, 0.3) is 0 Å². The SMILES string of the molecule is C=C(C)C(=O)OC(C)COc1c2c(c(OCC(C)OC(=O)C(=C)C)c3ccccc13)C1CCC2C1. The average Bonchev–Trinajstić information content (AvgIpc) is 3.43. The van der Waals surface area contributed by atoms with Crippen LogP contribution in [0.2, 0.25) is 0 Å². The number of carbonyl (C=O) groups excluding carboxylic acids is 2. The predicted octanol–water partition coefficient (Wildman–Crippen LogP) is 5.98. The van der Waals surface area contributed by atoms with Crippen LogP contribution >= 0.6 is 0 Å². The largest absolute Gasteiger partial charge is 0.489 e. The van der Waals surface area contributed by atoms with E-state index >= 15 is 0 Å². The number of carbonyl (C=O) groups is 2. The fourth-order valence-corrected chi connectivity index (χ4v) is 5.08. The highest BCUT2D eigenvalue weighted by Gasteiger charge is 2.43. The standard InChI is InChI=1S/C29H34O6/c1-16(2)28(30)34-18(5)14-32-26-22-9-7-8-10-23(22)27(25-21-12-11-20(13-21)24(25)26)33-15-19(6)35-29(31)17(3)4/h7-10,18-21H,1,3,11-15H2,2,4-6H3. The van der Waals surface area contributed by atoms with Crippen molar-refractivity contribution in [3.05, 3.63) is 59.7 Å². The van der Waals surface area contributed by atoms with E-state index in [0.29, 0.717) is 23.0 Å². The van der Waals surface area contributed by atoms with Gasteiger partial charge in [0.2, 0.25) is 0 Å². The molecule has 0 aliphatic heterocycles. The van der Waals surface area contributed by atoms with Crippen LogP contribution in [0.15, 0.2) is 48.6 Å². The number of benzene rings is 2. The Labute approximate surface area is 206 Å². The number of rotatable bonds is 10. The van der Waals surface area contributed by atoms with E-state index in [1.807, 2.05) is 38.1 Å². The van der Waals surface area contributed by atoms with Gasteiger partial charge in [-0.3, -0.25) is 0 Å². The van der Waals surface area contributed by atoms with Crippen molar-refractivity contribution < 1.29 is 28.5 Å². The zero-order valence-corrected chi connectivity index (χ0v) is 21.0. The van der Waals surface area contributed by atoms with Crippen molar-refractivity contribution in [3.63, 3.8) is 0 Å². The first-order valence-corrected chi connectivity index (χ1v) is 12.2. The number of ether oxygens (including phenoxy) is 4. The first-order chi connectivity index (χ1) is 16.7. The van der Waals surface area contributed by atoms with Crippen molar-refractivity contribution in [2.75, 3.05) is 13.2 Å². The van der Waals surface area contributed by atoms with E-state index < -0.39 is 24.1 Å². The molecule has 2 bridgehead atoms. The molecule has 0 radical (unpaired) electrons. The van der Waals surface area contributed by atoms with Crippen LogP contribution in [0.3, 0.4) is 0 Å². The molecule has 4 atom stereocenters. The average molecular weight is 479 g/mol. The van der Waals surface area contributed by atoms with Gasteiger partial charge in [0.05, 0.1) is 0 Å². The van der Waals surface area contributed by atoms with Gasteiger partial charge in [0.1, 0.15) is 36.9 Å². The molecule has 4 unspecified atom stereocenters. The van der Waals surface area contributed by atoms with Crippen molar-refractivity contribution in [1.29, 1.82) is 0 Å². The maximum absolute atomic E-state index is 11.9. The summed E-state index contributed by atoms with van der Waals surface area (Å²) in [6.07, 6.45) is 2.51. The molecule has 2 aromatic carbocycles. The van der Waals surface area contributed by atoms with Crippen molar-refractivity contribution in [1.82, 2.24) is 0 Å². The molecule has 1 saturated carbocycles. The van der Waals surface area contributed by atoms with E-state index in [-0.39, 0.29) is 13.2 Å². The van der Waals surface area contributed by atoms with Crippen LogP contribution in [0, 0.1) is 0 Å². The topological polar surface area (TPSA) is 71.1 Å².